The molecule has 4 heteroatoms. The molecule has 0 atom stereocenters. The zero-order valence-electron chi connectivity index (χ0n) is 7.53. The smallest absolute Gasteiger partial charge is 0.253 e. The van der Waals surface area contributed by atoms with E-state index >= 15 is 0 Å². The predicted molar refractivity (Wildman–Crippen MR) is 47.4 cm³/mol. The lowest BCUT2D eigenvalue weighted by Gasteiger charge is -2.06. The molecule has 0 aliphatic heterocycles. The van der Waals surface area contributed by atoms with Gasteiger partial charge in [-0.25, -0.2) is 0 Å². The third-order valence-electron chi connectivity index (χ3n) is 1.98. The van der Waals surface area contributed by atoms with Gasteiger partial charge in [0, 0.05) is 13.1 Å². The van der Waals surface area contributed by atoms with Crippen LogP contribution < -0.4 is 5.56 Å². The zero-order valence-corrected chi connectivity index (χ0v) is 7.53. The minimum Gasteiger partial charge on any atom is -0.493 e. The fourth-order valence-corrected chi connectivity index (χ4v) is 1.13. The molecule has 0 unspecified atom stereocenters. The second kappa shape index (κ2) is 3.31. The van der Waals surface area contributed by atoms with Crippen LogP contribution in [0.25, 0.3) is 0 Å². The van der Waals surface area contributed by atoms with E-state index in [2.05, 4.69) is 0 Å². The maximum Gasteiger partial charge on any atom is 0.253 e. The molecule has 1 aromatic rings. The van der Waals surface area contributed by atoms with Crippen LogP contribution in [-0.4, -0.2) is 9.67 Å². The van der Waals surface area contributed by atoms with E-state index in [0.717, 1.165) is 4.57 Å². The van der Waals surface area contributed by atoms with E-state index in [4.69, 9.17) is 5.26 Å². The molecule has 1 aromatic heterocycles. The van der Waals surface area contributed by atoms with Crippen LogP contribution in [0, 0.1) is 11.3 Å². The largest absolute Gasteiger partial charge is 0.493 e. The topological polar surface area (TPSA) is 66.0 Å². The molecular weight excluding hydrogens is 168 g/mol. The molecule has 1 rings (SSSR count). The average molecular weight is 178 g/mol. The Morgan fingerprint density at radius 1 is 1.69 bits per heavy atom. The van der Waals surface area contributed by atoms with E-state index in [1.807, 2.05) is 13.0 Å². The number of nitriles is 1. The zero-order chi connectivity index (χ0) is 10.0. The monoisotopic (exact) mass is 178 g/mol. The molecule has 0 bridgehead atoms. The number of nitrogens with zero attached hydrogens (tertiary/aromatic N) is 2. The maximum absolute atomic E-state index is 11.2. The van der Waals surface area contributed by atoms with Crippen LogP contribution in [0.2, 0.25) is 0 Å². The number of pyridine rings is 1. The normalized spacial score (nSPS) is 9.62. The van der Waals surface area contributed by atoms with E-state index in [-0.39, 0.29) is 17.0 Å². The molecule has 1 N–H and O–H groups in total. The molecule has 0 spiro atoms. The minimum absolute atomic E-state index is 0.185. The Hall–Kier alpha value is -1.76. The molecule has 0 aliphatic rings. The van der Waals surface area contributed by atoms with Crippen molar-refractivity contribution < 1.29 is 5.11 Å². The van der Waals surface area contributed by atoms with Gasteiger partial charge in [-0.3, -0.25) is 9.36 Å². The van der Waals surface area contributed by atoms with Crippen LogP contribution >= 0.6 is 0 Å². The van der Waals surface area contributed by atoms with Crippen molar-refractivity contribution >= 4 is 0 Å². The molecule has 4 nitrogen and oxygen atoms in total. The number of aromatic nitrogens is 1. The Bertz CT molecular complexity index is 426. The first-order valence-corrected chi connectivity index (χ1v) is 3.93. The van der Waals surface area contributed by atoms with Gasteiger partial charge in [0.25, 0.3) is 5.56 Å². The summed E-state index contributed by atoms with van der Waals surface area (Å²) in [5.74, 6) is -0.258. The van der Waals surface area contributed by atoms with Gasteiger partial charge in [0.15, 0.2) is 0 Å². The summed E-state index contributed by atoms with van der Waals surface area (Å²) in [6.07, 6.45) is 0.562. The van der Waals surface area contributed by atoms with Gasteiger partial charge in [-0.2, -0.15) is 5.26 Å². The van der Waals surface area contributed by atoms with Crippen molar-refractivity contribution in [3.63, 3.8) is 0 Å². The van der Waals surface area contributed by atoms with E-state index in [1.54, 1.807) is 0 Å². The molecule has 68 valence electrons. The molecular formula is C9H10N2O2. The summed E-state index contributed by atoms with van der Waals surface area (Å²) in [6.45, 7) is 1.83. The van der Waals surface area contributed by atoms with E-state index < -0.39 is 0 Å². The van der Waals surface area contributed by atoms with Gasteiger partial charge < -0.3 is 5.11 Å². The summed E-state index contributed by atoms with van der Waals surface area (Å²) in [5.41, 5.74) is 0.473. The lowest BCUT2D eigenvalue weighted by Crippen LogP contribution is -2.17. The van der Waals surface area contributed by atoms with Gasteiger partial charge in [-0.05, 0) is 12.0 Å². The summed E-state index contributed by atoms with van der Waals surface area (Å²) in [6, 6.07) is 3.25. The quantitative estimate of drug-likeness (QED) is 0.682. The maximum atomic E-state index is 11.2. The van der Waals surface area contributed by atoms with Gasteiger partial charge in [0.05, 0.1) is 0 Å². The average Bonchev–Trinajstić information content (AvgIpc) is 2.13. The standard InChI is InChI=1S/C9H10N2O2/c1-3-6-4-8(12)11(2)9(13)7(6)5-10/h4,13H,3H2,1-2H3. The summed E-state index contributed by atoms with van der Waals surface area (Å²) >= 11 is 0. The van der Waals surface area contributed by atoms with Crippen molar-refractivity contribution in [3.05, 3.63) is 27.5 Å². The van der Waals surface area contributed by atoms with Crippen molar-refractivity contribution in [2.75, 3.05) is 0 Å². The first-order chi connectivity index (χ1) is 6.11. The molecule has 0 radical (unpaired) electrons. The Morgan fingerprint density at radius 3 is 2.77 bits per heavy atom. The van der Waals surface area contributed by atoms with E-state index in [0.29, 0.717) is 12.0 Å². The van der Waals surface area contributed by atoms with Crippen LogP contribution in [0.5, 0.6) is 5.88 Å². The van der Waals surface area contributed by atoms with Crippen LogP contribution in [0.4, 0.5) is 0 Å². The van der Waals surface area contributed by atoms with E-state index in [1.165, 1.54) is 13.1 Å². The van der Waals surface area contributed by atoms with Crippen LogP contribution in [0.1, 0.15) is 18.1 Å². The molecule has 13 heavy (non-hydrogen) atoms. The number of rotatable bonds is 1. The van der Waals surface area contributed by atoms with Crippen molar-refractivity contribution in [3.8, 4) is 11.9 Å². The second-order valence-corrected chi connectivity index (χ2v) is 2.73. The number of hydrogen-bond donors (Lipinski definition) is 1. The first-order valence-electron chi connectivity index (χ1n) is 3.93. The highest BCUT2D eigenvalue weighted by Gasteiger charge is 2.10. The highest BCUT2D eigenvalue weighted by atomic mass is 16.3. The predicted octanol–water partition coefficient (Wildman–Crippen LogP) is 0.525. The SMILES string of the molecule is CCc1cc(=O)n(C)c(O)c1C#N. The van der Waals surface area contributed by atoms with Gasteiger partial charge >= 0.3 is 0 Å². The Morgan fingerprint density at radius 2 is 2.31 bits per heavy atom. The van der Waals surface area contributed by atoms with Crippen LogP contribution in [0.15, 0.2) is 10.9 Å². The molecule has 0 aliphatic carbocycles. The first kappa shape index (κ1) is 9.33. The third kappa shape index (κ3) is 1.41. The van der Waals surface area contributed by atoms with Crippen molar-refractivity contribution in [2.45, 2.75) is 13.3 Å². The Balaban J connectivity index is 3.60. The summed E-state index contributed by atoms with van der Waals surface area (Å²) in [4.78, 5) is 11.2. The van der Waals surface area contributed by atoms with Crippen molar-refractivity contribution in [1.82, 2.24) is 4.57 Å². The van der Waals surface area contributed by atoms with Crippen molar-refractivity contribution in [2.24, 2.45) is 7.05 Å². The summed E-state index contributed by atoms with van der Waals surface area (Å²) < 4.78 is 1.05. The lowest BCUT2D eigenvalue weighted by molar-refractivity contribution is 0.420. The molecule has 0 aromatic carbocycles. The Labute approximate surface area is 75.7 Å². The molecule has 0 saturated carbocycles. The minimum atomic E-state index is -0.298. The van der Waals surface area contributed by atoms with Gasteiger partial charge in [0.1, 0.15) is 11.6 Å². The number of aromatic hydroxyl groups is 1. The third-order valence-corrected chi connectivity index (χ3v) is 1.98. The highest BCUT2D eigenvalue weighted by molar-refractivity contribution is 5.44. The number of aryl methyl sites for hydroxylation is 1. The van der Waals surface area contributed by atoms with E-state index in [9.17, 15) is 9.90 Å². The van der Waals surface area contributed by atoms with Crippen LogP contribution in [-0.2, 0) is 13.5 Å². The number of hydrogen-bond acceptors (Lipinski definition) is 3. The van der Waals surface area contributed by atoms with Gasteiger partial charge in [-0.15, -0.1) is 0 Å². The molecule has 0 amide bonds. The lowest BCUT2D eigenvalue weighted by atomic mass is 10.1. The van der Waals surface area contributed by atoms with Gasteiger partial charge in [-0.1, -0.05) is 6.92 Å². The van der Waals surface area contributed by atoms with Crippen LogP contribution in [0.3, 0.4) is 0 Å². The molecule has 0 fully saturated rings. The van der Waals surface area contributed by atoms with Gasteiger partial charge in [0.2, 0.25) is 5.88 Å². The highest BCUT2D eigenvalue weighted by Crippen LogP contribution is 2.16. The summed E-state index contributed by atoms with van der Waals surface area (Å²) in [5, 5.41) is 18.2. The second-order valence-electron chi connectivity index (χ2n) is 2.73. The fraction of sp³-hybridized carbons (Fsp3) is 0.333. The Kier molecular flexibility index (Phi) is 2.38. The molecule has 1 heterocycles. The summed E-state index contributed by atoms with van der Waals surface area (Å²) in [7, 11) is 1.43. The fourth-order valence-electron chi connectivity index (χ4n) is 1.13. The molecule has 0 saturated heterocycles. The van der Waals surface area contributed by atoms with Crippen molar-refractivity contribution in [1.29, 1.82) is 5.26 Å².